The van der Waals surface area contributed by atoms with Gasteiger partial charge in [-0.25, -0.2) is 0 Å². The number of hydrogen-bond donors (Lipinski definition) is 1. The lowest BCUT2D eigenvalue weighted by molar-refractivity contribution is -0.152. The van der Waals surface area contributed by atoms with Gasteiger partial charge in [0.2, 0.25) is 5.91 Å². The predicted octanol–water partition coefficient (Wildman–Crippen LogP) is 4.62. The highest BCUT2D eigenvalue weighted by Gasteiger charge is 2.45. The average Bonchev–Trinajstić information content (AvgIpc) is 2.79. The highest BCUT2D eigenvalue weighted by Crippen LogP contribution is 2.44. The molecule has 5 atom stereocenters. The molecular weight excluding hydrogens is 374 g/mol. The van der Waals surface area contributed by atoms with Gasteiger partial charge in [0, 0.05) is 6.04 Å². The standard InChI is InChI=1S/C26H33NO3/c1-18(21-6-4-3-5-7-21)27-25-13-10-20(14-19-8-11-24(30-2)12-9-19)15-22(25)16-23(17-28)26(27)29/h3-9,11-12,18,20,22-23,25,28H,10,13-17H2,1-2H3/t18?,20-,22+,23+,25+/m0/s1. The van der Waals surface area contributed by atoms with E-state index in [2.05, 4.69) is 36.1 Å². The molecule has 2 fully saturated rings. The van der Waals surface area contributed by atoms with Gasteiger partial charge in [-0.1, -0.05) is 42.5 Å². The van der Waals surface area contributed by atoms with E-state index >= 15 is 0 Å². The molecule has 1 saturated heterocycles. The van der Waals surface area contributed by atoms with Gasteiger partial charge in [-0.2, -0.15) is 0 Å². The Morgan fingerprint density at radius 3 is 2.47 bits per heavy atom. The number of rotatable bonds is 6. The van der Waals surface area contributed by atoms with Crippen molar-refractivity contribution in [2.75, 3.05) is 13.7 Å². The molecule has 1 unspecified atom stereocenters. The zero-order chi connectivity index (χ0) is 21.1. The number of benzene rings is 2. The van der Waals surface area contributed by atoms with Crippen molar-refractivity contribution in [1.29, 1.82) is 0 Å². The fourth-order valence-electron chi connectivity index (χ4n) is 5.61. The van der Waals surface area contributed by atoms with Gasteiger partial charge in [0.15, 0.2) is 0 Å². The fraction of sp³-hybridized carbons (Fsp3) is 0.500. The molecule has 0 radical (unpaired) electrons. The number of likely N-dealkylation sites (tertiary alicyclic amines) is 1. The highest BCUT2D eigenvalue weighted by atomic mass is 16.5. The summed E-state index contributed by atoms with van der Waals surface area (Å²) in [4.78, 5) is 15.3. The molecule has 0 spiro atoms. The number of aliphatic hydroxyl groups excluding tert-OH is 1. The van der Waals surface area contributed by atoms with Crippen molar-refractivity contribution in [2.45, 2.75) is 51.1 Å². The lowest BCUT2D eigenvalue weighted by Crippen LogP contribution is -2.55. The van der Waals surface area contributed by atoms with Crippen LogP contribution in [0.5, 0.6) is 5.75 Å². The third-order valence-electron chi connectivity index (χ3n) is 7.20. The number of fused-ring (bicyclic) bond motifs is 1. The minimum Gasteiger partial charge on any atom is -0.497 e. The number of aliphatic hydroxyl groups is 1. The van der Waals surface area contributed by atoms with Crippen LogP contribution in [0.15, 0.2) is 54.6 Å². The highest BCUT2D eigenvalue weighted by molar-refractivity contribution is 5.80. The van der Waals surface area contributed by atoms with E-state index in [0.717, 1.165) is 37.9 Å². The minimum atomic E-state index is -0.267. The Hall–Kier alpha value is -2.33. The Morgan fingerprint density at radius 1 is 1.07 bits per heavy atom. The van der Waals surface area contributed by atoms with Crippen molar-refractivity contribution in [3.63, 3.8) is 0 Å². The minimum absolute atomic E-state index is 0.0405. The van der Waals surface area contributed by atoms with Crippen LogP contribution >= 0.6 is 0 Å². The number of piperidine rings is 1. The smallest absolute Gasteiger partial charge is 0.228 e. The van der Waals surface area contributed by atoms with E-state index in [4.69, 9.17) is 4.74 Å². The number of hydrogen-bond acceptors (Lipinski definition) is 3. The van der Waals surface area contributed by atoms with Gasteiger partial charge in [-0.15, -0.1) is 0 Å². The van der Waals surface area contributed by atoms with Gasteiger partial charge in [-0.3, -0.25) is 4.79 Å². The molecular formula is C26H33NO3. The van der Waals surface area contributed by atoms with Crippen molar-refractivity contribution < 1.29 is 14.6 Å². The van der Waals surface area contributed by atoms with Crippen molar-refractivity contribution in [2.24, 2.45) is 17.8 Å². The monoisotopic (exact) mass is 407 g/mol. The molecule has 0 aromatic heterocycles. The third kappa shape index (κ3) is 4.24. The van der Waals surface area contributed by atoms with Crippen LogP contribution in [0, 0.1) is 17.8 Å². The van der Waals surface area contributed by atoms with Crippen LogP contribution < -0.4 is 4.74 Å². The van der Waals surface area contributed by atoms with E-state index in [0.29, 0.717) is 11.8 Å². The summed E-state index contributed by atoms with van der Waals surface area (Å²) >= 11 is 0. The second-order valence-corrected chi connectivity index (χ2v) is 9.01. The van der Waals surface area contributed by atoms with E-state index in [1.54, 1.807) is 7.11 Å². The van der Waals surface area contributed by atoms with Crippen molar-refractivity contribution in [3.8, 4) is 5.75 Å². The quantitative estimate of drug-likeness (QED) is 0.760. The average molecular weight is 408 g/mol. The Bertz CT molecular complexity index is 835. The molecule has 1 heterocycles. The molecule has 4 rings (SSSR count). The molecule has 2 aromatic rings. The summed E-state index contributed by atoms with van der Waals surface area (Å²) in [6, 6.07) is 19.0. The first-order valence-electron chi connectivity index (χ1n) is 11.2. The Labute approximate surface area is 179 Å². The number of amides is 1. The molecule has 1 aliphatic heterocycles. The Kier molecular flexibility index (Phi) is 6.43. The summed E-state index contributed by atoms with van der Waals surface area (Å²) in [6.45, 7) is 2.08. The molecule has 4 heteroatoms. The number of carbonyl (C=O) groups excluding carboxylic acids is 1. The number of methoxy groups -OCH3 is 1. The first kappa shape index (κ1) is 20.9. The molecule has 1 saturated carbocycles. The van der Waals surface area contributed by atoms with Crippen molar-refractivity contribution >= 4 is 5.91 Å². The third-order valence-corrected chi connectivity index (χ3v) is 7.20. The fourth-order valence-corrected chi connectivity index (χ4v) is 5.61. The summed E-state index contributed by atoms with van der Waals surface area (Å²) in [6.07, 6.45) is 5.20. The van der Waals surface area contributed by atoms with Gasteiger partial charge in [0.1, 0.15) is 5.75 Å². The zero-order valence-electron chi connectivity index (χ0n) is 18.0. The normalized spacial score (nSPS) is 27.4. The van der Waals surface area contributed by atoms with Crippen LogP contribution in [0.3, 0.4) is 0 Å². The van der Waals surface area contributed by atoms with Crippen LogP contribution in [0.4, 0.5) is 0 Å². The predicted molar refractivity (Wildman–Crippen MR) is 118 cm³/mol. The van der Waals surface area contributed by atoms with Gasteiger partial charge in [0.25, 0.3) is 0 Å². The van der Waals surface area contributed by atoms with Gasteiger partial charge in [-0.05, 0) is 74.1 Å². The molecule has 4 nitrogen and oxygen atoms in total. The van der Waals surface area contributed by atoms with Crippen LogP contribution in [-0.2, 0) is 11.2 Å². The molecule has 2 aliphatic rings. The lowest BCUT2D eigenvalue weighted by atomic mass is 9.69. The zero-order valence-corrected chi connectivity index (χ0v) is 18.0. The van der Waals surface area contributed by atoms with E-state index in [9.17, 15) is 9.90 Å². The second kappa shape index (κ2) is 9.22. The molecule has 30 heavy (non-hydrogen) atoms. The number of ether oxygens (including phenoxy) is 1. The van der Waals surface area contributed by atoms with E-state index in [-0.39, 0.29) is 30.5 Å². The van der Waals surface area contributed by atoms with Gasteiger partial charge >= 0.3 is 0 Å². The summed E-state index contributed by atoms with van der Waals surface area (Å²) in [5.41, 5.74) is 2.52. The molecule has 1 N–H and O–H groups in total. The Balaban J connectivity index is 1.50. The first-order chi connectivity index (χ1) is 14.6. The largest absolute Gasteiger partial charge is 0.497 e. The lowest BCUT2D eigenvalue weighted by Gasteiger charge is -2.50. The van der Waals surface area contributed by atoms with Gasteiger partial charge < -0.3 is 14.7 Å². The molecule has 1 aliphatic carbocycles. The van der Waals surface area contributed by atoms with Gasteiger partial charge in [0.05, 0.1) is 25.7 Å². The summed E-state index contributed by atoms with van der Waals surface area (Å²) in [5, 5.41) is 9.91. The van der Waals surface area contributed by atoms with Crippen LogP contribution in [0.25, 0.3) is 0 Å². The Morgan fingerprint density at radius 2 is 1.80 bits per heavy atom. The van der Waals surface area contributed by atoms with E-state index in [1.165, 1.54) is 11.1 Å². The SMILES string of the molecule is COc1ccc(C[C@@H]2CC[C@@H]3[C@H](C2)C[C@H](CO)C(=O)N3C(C)c2ccccc2)cc1. The maximum absolute atomic E-state index is 13.2. The maximum Gasteiger partial charge on any atom is 0.228 e. The maximum atomic E-state index is 13.2. The van der Waals surface area contributed by atoms with Crippen molar-refractivity contribution in [3.05, 3.63) is 65.7 Å². The molecule has 0 bridgehead atoms. The number of nitrogens with zero attached hydrogens (tertiary/aromatic N) is 1. The van der Waals surface area contributed by atoms with E-state index < -0.39 is 0 Å². The number of carbonyl (C=O) groups is 1. The molecule has 2 aromatic carbocycles. The first-order valence-corrected chi connectivity index (χ1v) is 11.2. The van der Waals surface area contributed by atoms with E-state index in [1.807, 2.05) is 30.3 Å². The van der Waals surface area contributed by atoms with Crippen LogP contribution in [0.1, 0.15) is 49.8 Å². The molecule has 1 amide bonds. The summed E-state index contributed by atoms with van der Waals surface area (Å²) in [7, 11) is 1.69. The summed E-state index contributed by atoms with van der Waals surface area (Å²) in [5.74, 6) is 1.84. The summed E-state index contributed by atoms with van der Waals surface area (Å²) < 4.78 is 5.27. The molecule has 160 valence electrons. The van der Waals surface area contributed by atoms with Crippen LogP contribution in [0.2, 0.25) is 0 Å². The van der Waals surface area contributed by atoms with Crippen LogP contribution in [-0.4, -0.2) is 35.7 Å². The topological polar surface area (TPSA) is 49.8 Å². The van der Waals surface area contributed by atoms with Crippen molar-refractivity contribution in [1.82, 2.24) is 4.90 Å². The second-order valence-electron chi connectivity index (χ2n) is 9.01.